The Morgan fingerprint density at radius 2 is 2.12 bits per heavy atom. The van der Waals surface area contributed by atoms with Gasteiger partial charge in [0.2, 0.25) is 5.91 Å². The highest BCUT2D eigenvalue weighted by atomic mass is 16.2. The Labute approximate surface area is 100 Å². The normalized spacial score (nSPS) is 14.8. The molecule has 1 heterocycles. The third-order valence-corrected chi connectivity index (χ3v) is 2.82. The molecule has 0 radical (unpaired) electrons. The van der Waals surface area contributed by atoms with Crippen LogP contribution in [0.4, 0.5) is 11.6 Å². The second-order valence-electron chi connectivity index (χ2n) is 4.09. The van der Waals surface area contributed by atoms with E-state index in [0.717, 1.165) is 19.3 Å². The van der Waals surface area contributed by atoms with Crippen LogP contribution in [-0.2, 0) is 4.79 Å². The van der Waals surface area contributed by atoms with Crippen molar-refractivity contribution in [2.45, 2.75) is 19.3 Å². The molecule has 1 aromatic heterocycles. The van der Waals surface area contributed by atoms with Crippen LogP contribution in [0.3, 0.4) is 0 Å². The van der Waals surface area contributed by atoms with E-state index in [4.69, 9.17) is 0 Å². The van der Waals surface area contributed by atoms with Crippen molar-refractivity contribution in [1.29, 1.82) is 0 Å². The average molecular weight is 232 g/mol. The molecule has 0 unspecified atom stereocenters. The summed E-state index contributed by atoms with van der Waals surface area (Å²) in [7, 11) is 0. The fraction of sp³-hybridized carbons (Fsp3) is 0.417. The van der Waals surface area contributed by atoms with E-state index in [2.05, 4.69) is 27.4 Å². The van der Waals surface area contributed by atoms with Crippen molar-refractivity contribution in [3.05, 3.63) is 24.8 Å². The van der Waals surface area contributed by atoms with Gasteiger partial charge in [0.1, 0.15) is 5.82 Å². The van der Waals surface area contributed by atoms with Gasteiger partial charge in [0.25, 0.3) is 0 Å². The molecule has 0 atom stereocenters. The SMILES string of the molecule is C=CCNc1ccc(NC(=O)C2CCC2)nn1. The third kappa shape index (κ3) is 3.03. The van der Waals surface area contributed by atoms with Crippen LogP contribution in [0, 0.1) is 5.92 Å². The molecule has 1 aliphatic carbocycles. The molecule has 5 heteroatoms. The molecule has 2 N–H and O–H groups in total. The minimum atomic E-state index is 0.0531. The summed E-state index contributed by atoms with van der Waals surface area (Å²) < 4.78 is 0. The zero-order chi connectivity index (χ0) is 12.1. The number of rotatable bonds is 5. The predicted octanol–water partition coefficient (Wildman–Crippen LogP) is 1.81. The van der Waals surface area contributed by atoms with Crippen LogP contribution < -0.4 is 10.6 Å². The fourth-order valence-electron chi connectivity index (χ4n) is 1.57. The number of nitrogens with zero attached hydrogens (tertiary/aromatic N) is 2. The molecule has 0 bridgehead atoms. The van der Waals surface area contributed by atoms with Crippen molar-refractivity contribution in [1.82, 2.24) is 10.2 Å². The Balaban J connectivity index is 1.88. The summed E-state index contributed by atoms with van der Waals surface area (Å²) in [6, 6.07) is 3.53. The van der Waals surface area contributed by atoms with E-state index in [-0.39, 0.29) is 11.8 Å². The third-order valence-electron chi connectivity index (χ3n) is 2.82. The molecule has 0 aromatic carbocycles. The molecule has 1 saturated carbocycles. The van der Waals surface area contributed by atoms with Gasteiger partial charge >= 0.3 is 0 Å². The van der Waals surface area contributed by atoms with Crippen molar-refractivity contribution in [2.75, 3.05) is 17.2 Å². The Morgan fingerprint density at radius 3 is 2.65 bits per heavy atom. The number of hydrogen-bond acceptors (Lipinski definition) is 4. The number of amides is 1. The largest absolute Gasteiger partial charge is 0.365 e. The Bertz CT molecular complexity index is 397. The van der Waals surface area contributed by atoms with Crippen molar-refractivity contribution >= 4 is 17.5 Å². The van der Waals surface area contributed by atoms with Gasteiger partial charge in [-0.25, -0.2) is 0 Å². The van der Waals surface area contributed by atoms with E-state index >= 15 is 0 Å². The lowest BCUT2D eigenvalue weighted by Gasteiger charge is -2.23. The summed E-state index contributed by atoms with van der Waals surface area (Å²) in [5.41, 5.74) is 0. The van der Waals surface area contributed by atoms with Crippen molar-refractivity contribution in [2.24, 2.45) is 5.92 Å². The number of hydrogen-bond donors (Lipinski definition) is 2. The average Bonchev–Trinajstić information content (AvgIpc) is 2.26. The second kappa shape index (κ2) is 5.43. The van der Waals surface area contributed by atoms with Crippen LogP contribution in [0.1, 0.15) is 19.3 Å². The lowest BCUT2D eigenvalue weighted by molar-refractivity contribution is -0.122. The molecule has 0 spiro atoms. The summed E-state index contributed by atoms with van der Waals surface area (Å²) in [6.07, 6.45) is 4.86. The van der Waals surface area contributed by atoms with Crippen LogP contribution in [0.5, 0.6) is 0 Å². The van der Waals surface area contributed by atoms with Crippen LogP contribution in [0.25, 0.3) is 0 Å². The Morgan fingerprint density at radius 1 is 1.41 bits per heavy atom. The van der Waals surface area contributed by atoms with Crippen LogP contribution in [0.15, 0.2) is 24.8 Å². The molecule has 17 heavy (non-hydrogen) atoms. The lowest BCUT2D eigenvalue weighted by atomic mass is 9.85. The molecule has 2 rings (SSSR count). The van der Waals surface area contributed by atoms with Crippen LogP contribution >= 0.6 is 0 Å². The van der Waals surface area contributed by atoms with Crippen molar-refractivity contribution < 1.29 is 4.79 Å². The summed E-state index contributed by atoms with van der Waals surface area (Å²) in [5.74, 6) is 1.39. The van der Waals surface area contributed by atoms with E-state index in [1.165, 1.54) is 0 Å². The van der Waals surface area contributed by atoms with Gasteiger partial charge in [-0.15, -0.1) is 16.8 Å². The smallest absolute Gasteiger partial charge is 0.228 e. The minimum Gasteiger partial charge on any atom is -0.365 e. The Kier molecular flexibility index (Phi) is 3.69. The van der Waals surface area contributed by atoms with Gasteiger partial charge in [0.05, 0.1) is 0 Å². The molecular weight excluding hydrogens is 216 g/mol. The van der Waals surface area contributed by atoms with Gasteiger partial charge in [0.15, 0.2) is 5.82 Å². The highest BCUT2D eigenvalue weighted by molar-refractivity contribution is 5.92. The highest BCUT2D eigenvalue weighted by Crippen LogP contribution is 2.27. The maximum absolute atomic E-state index is 11.6. The first kappa shape index (κ1) is 11.6. The number of nitrogens with one attached hydrogen (secondary N) is 2. The fourth-order valence-corrected chi connectivity index (χ4v) is 1.57. The van der Waals surface area contributed by atoms with E-state index in [0.29, 0.717) is 18.2 Å². The zero-order valence-corrected chi connectivity index (χ0v) is 9.65. The molecule has 90 valence electrons. The van der Waals surface area contributed by atoms with E-state index in [1.807, 2.05) is 0 Å². The molecule has 1 aromatic rings. The van der Waals surface area contributed by atoms with Crippen LogP contribution in [0.2, 0.25) is 0 Å². The predicted molar refractivity (Wildman–Crippen MR) is 66.7 cm³/mol. The van der Waals surface area contributed by atoms with Crippen LogP contribution in [-0.4, -0.2) is 22.6 Å². The van der Waals surface area contributed by atoms with Gasteiger partial charge in [-0.2, -0.15) is 0 Å². The molecule has 1 fully saturated rings. The molecule has 0 aliphatic heterocycles. The number of aromatic nitrogens is 2. The van der Waals surface area contributed by atoms with Gasteiger partial charge in [-0.1, -0.05) is 12.5 Å². The zero-order valence-electron chi connectivity index (χ0n) is 9.65. The topological polar surface area (TPSA) is 66.9 Å². The van der Waals surface area contributed by atoms with Crippen molar-refractivity contribution in [3.8, 4) is 0 Å². The monoisotopic (exact) mass is 232 g/mol. The molecular formula is C12H16N4O. The van der Waals surface area contributed by atoms with E-state index < -0.39 is 0 Å². The Hall–Kier alpha value is -1.91. The minimum absolute atomic E-state index is 0.0531. The molecule has 5 nitrogen and oxygen atoms in total. The number of carbonyl (C=O) groups excluding carboxylic acids is 1. The molecule has 1 amide bonds. The van der Waals surface area contributed by atoms with E-state index in [1.54, 1.807) is 18.2 Å². The second-order valence-corrected chi connectivity index (χ2v) is 4.09. The van der Waals surface area contributed by atoms with Crippen molar-refractivity contribution in [3.63, 3.8) is 0 Å². The van der Waals surface area contributed by atoms with E-state index in [9.17, 15) is 4.79 Å². The van der Waals surface area contributed by atoms with Gasteiger partial charge < -0.3 is 10.6 Å². The van der Waals surface area contributed by atoms with Gasteiger partial charge in [-0.05, 0) is 25.0 Å². The number of carbonyl (C=O) groups is 1. The summed E-state index contributed by atoms with van der Waals surface area (Å²) in [6.45, 7) is 4.24. The first-order valence-corrected chi connectivity index (χ1v) is 5.79. The highest BCUT2D eigenvalue weighted by Gasteiger charge is 2.25. The maximum atomic E-state index is 11.6. The quantitative estimate of drug-likeness (QED) is 0.760. The molecule has 1 aliphatic rings. The lowest BCUT2D eigenvalue weighted by Crippen LogP contribution is -2.28. The standard InChI is InChI=1S/C12H16N4O/c1-2-8-13-10-6-7-11(16-15-10)14-12(17)9-4-3-5-9/h2,6-7,9H,1,3-5,8H2,(H,13,15)(H,14,16,17). The molecule has 0 saturated heterocycles. The van der Waals surface area contributed by atoms with Gasteiger partial charge in [0, 0.05) is 12.5 Å². The maximum Gasteiger partial charge on any atom is 0.228 e. The first-order valence-electron chi connectivity index (χ1n) is 5.79. The number of anilines is 2. The summed E-state index contributed by atoms with van der Waals surface area (Å²) in [4.78, 5) is 11.6. The summed E-state index contributed by atoms with van der Waals surface area (Å²) in [5, 5.41) is 13.7. The van der Waals surface area contributed by atoms with Gasteiger partial charge in [-0.3, -0.25) is 4.79 Å². The summed E-state index contributed by atoms with van der Waals surface area (Å²) >= 11 is 0. The first-order chi connectivity index (χ1) is 8.29.